The van der Waals surface area contributed by atoms with Crippen LogP contribution >= 0.6 is 11.3 Å². The summed E-state index contributed by atoms with van der Waals surface area (Å²) in [5.74, 6) is 0.172. The largest absolute Gasteiger partial charge is 0.495 e. The van der Waals surface area contributed by atoms with E-state index < -0.39 is 35.3 Å². The average Bonchev–Trinajstić information content (AvgIpc) is 3.32. The first-order valence-electron chi connectivity index (χ1n) is 12.7. The maximum atomic E-state index is 14.9. The molecule has 0 amide bonds. The van der Waals surface area contributed by atoms with E-state index in [1.165, 1.54) is 30.6 Å². The standard InChI is InChI=1S/C27H27F4N5O4S/c1-15-13-34(9-10-35(15)21-5-4-6-22(32-21)40-3)26-33-24-17(14-41-25(24)28)18(12-23(37)38)36(26)19-11-16(27(29,30)31)7-8-20(19)39-2/h4-8,11,14-15,18H,9-10,12-13H2,1-3H3,(H,37,38)/t15-,18-/m1/s1. The lowest BCUT2D eigenvalue weighted by molar-refractivity contribution is -0.138. The fourth-order valence-corrected chi connectivity index (χ4v) is 5.97. The lowest BCUT2D eigenvalue weighted by Gasteiger charge is -2.46. The Bertz CT molecular complexity index is 1480. The Kier molecular flexibility index (Phi) is 7.68. The fourth-order valence-electron chi connectivity index (χ4n) is 5.19. The number of methoxy groups -OCH3 is 2. The molecule has 0 aliphatic carbocycles. The summed E-state index contributed by atoms with van der Waals surface area (Å²) in [6.45, 7) is 3.10. The van der Waals surface area contributed by atoms with Crippen LogP contribution in [0.1, 0.15) is 30.5 Å². The molecule has 0 radical (unpaired) electrons. The van der Waals surface area contributed by atoms with E-state index in [2.05, 4.69) is 14.9 Å². The maximum absolute atomic E-state index is 14.9. The van der Waals surface area contributed by atoms with Gasteiger partial charge in [-0.25, -0.2) is 4.99 Å². The lowest BCUT2D eigenvalue weighted by Crippen LogP contribution is -2.58. The van der Waals surface area contributed by atoms with Crippen LogP contribution in [-0.2, 0) is 11.0 Å². The molecule has 0 unspecified atom stereocenters. The van der Waals surface area contributed by atoms with Crippen LogP contribution in [0.5, 0.6) is 11.6 Å². The quantitative estimate of drug-likeness (QED) is 0.372. The first-order valence-corrected chi connectivity index (χ1v) is 13.5. The van der Waals surface area contributed by atoms with Crippen molar-refractivity contribution in [3.05, 3.63) is 58.0 Å². The number of hydrogen-bond donors (Lipinski definition) is 1. The third-order valence-electron chi connectivity index (χ3n) is 7.10. The number of thiophene rings is 1. The van der Waals surface area contributed by atoms with E-state index in [4.69, 9.17) is 9.47 Å². The number of fused-ring (bicyclic) bond motifs is 1. The van der Waals surface area contributed by atoms with E-state index in [0.29, 0.717) is 31.3 Å². The van der Waals surface area contributed by atoms with Crippen molar-refractivity contribution < 1.29 is 36.9 Å². The number of pyridine rings is 1. The van der Waals surface area contributed by atoms with Gasteiger partial charge in [0.15, 0.2) is 0 Å². The summed E-state index contributed by atoms with van der Waals surface area (Å²) in [7, 11) is 2.84. The number of benzene rings is 1. The van der Waals surface area contributed by atoms with E-state index in [1.807, 2.05) is 24.0 Å². The second-order valence-electron chi connectivity index (χ2n) is 9.62. The number of ether oxygens (including phenoxy) is 2. The van der Waals surface area contributed by atoms with E-state index in [1.54, 1.807) is 6.07 Å². The summed E-state index contributed by atoms with van der Waals surface area (Å²) in [6, 6.07) is 7.21. The van der Waals surface area contributed by atoms with Gasteiger partial charge >= 0.3 is 12.1 Å². The van der Waals surface area contributed by atoms with Gasteiger partial charge < -0.3 is 29.3 Å². The van der Waals surface area contributed by atoms with Crippen molar-refractivity contribution in [1.82, 2.24) is 9.88 Å². The van der Waals surface area contributed by atoms with Gasteiger partial charge in [-0.1, -0.05) is 6.07 Å². The summed E-state index contributed by atoms with van der Waals surface area (Å²) >= 11 is 0.765. The van der Waals surface area contributed by atoms with E-state index in [9.17, 15) is 27.5 Å². The van der Waals surface area contributed by atoms with Gasteiger partial charge in [0.2, 0.25) is 17.0 Å². The minimum Gasteiger partial charge on any atom is -0.495 e. The van der Waals surface area contributed by atoms with Gasteiger partial charge in [-0.15, -0.1) is 11.3 Å². The molecule has 2 aromatic heterocycles. The molecule has 9 nitrogen and oxygen atoms in total. The summed E-state index contributed by atoms with van der Waals surface area (Å²) in [5, 5.41) is 10.7. The first kappa shape index (κ1) is 28.5. The van der Waals surface area contributed by atoms with Gasteiger partial charge in [0, 0.05) is 42.7 Å². The lowest BCUT2D eigenvalue weighted by atomic mass is 10.00. The number of halogens is 4. The highest BCUT2D eigenvalue weighted by Gasteiger charge is 2.41. The number of anilines is 2. The molecular formula is C27H27F4N5O4S. The molecule has 5 rings (SSSR count). The number of guanidine groups is 1. The van der Waals surface area contributed by atoms with Gasteiger partial charge in [-0.05, 0) is 31.2 Å². The predicted molar refractivity (Wildman–Crippen MR) is 146 cm³/mol. The number of rotatable bonds is 6. The minimum atomic E-state index is -4.67. The second kappa shape index (κ2) is 11.1. The van der Waals surface area contributed by atoms with Crippen molar-refractivity contribution in [3.8, 4) is 11.6 Å². The van der Waals surface area contributed by atoms with Crippen LogP contribution in [0.4, 0.5) is 34.8 Å². The van der Waals surface area contributed by atoms with Crippen LogP contribution in [0, 0.1) is 5.13 Å². The Morgan fingerprint density at radius 3 is 2.61 bits per heavy atom. The first-order chi connectivity index (χ1) is 19.5. The highest BCUT2D eigenvalue weighted by molar-refractivity contribution is 7.08. The summed E-state index contributed by atoms with van der Waals surface area (Å²) in [4.78, 5) is 26.4. The number of piperazine rings is 1. The Morgan fingerprint density at radius 1 is 1.17 bits per heavy atom. The molecule has 0 bridgehead atoms. The maximum Gasteiger partial charge on any atom is 0.416 e. The Hall–Kier alpha value is -4.07. The number of aliphatic imine (C=N–C) groups is 1. The number of nitrogens with zero attached hydrogens (tertiary/aromatic N) is 5. The normalized spacial score (nSPS) is 19.1. The second-order valence-corrected chi connectivity index (χ2v) is 10.4. The Morgan fingerprint density at radius 2 is 1.95 bits per heavy atom. The molecule has 1 fully saturated rings. The number of carbonyl (C=O) groups is 1. The zero-order chi connectivity index (χ0) is 29.5. The van der Waals surface area contributed by atoms with Crippen LogP contribution < -0.4 is 19.3 Å². The van der Waals surface area contributed by atoms with Crippen LogP contribution in [0.15, 0.2) is 46.8 Å². The van der Waals surface area contributed by atoms with Crippen molar-refractivity contribution in [2.24, 2.45) is 4.99 Å². The number of carboxylic acids is 1. The van der Waals surface area contributed by atoms with Crippen LogP contribution in [0.2, 0.25) is 0 Å². The topological polar surface area (TPSA) is 90.7 Å². The van der Waals surface area contributed by atoms with Crippen molar-refractivity contribution in [1.29, 1.82) is 0 Å². The van der Waals surface area contributed by atoms with Crippen LogP contribution in [0.3, 0.4) is 0 Å². The van der Waals surface area contributed by atoms with Gasteiger partial charge in [0.25, 0.3) is 0 Å². The van der Waals surface area contributed by atoms with Gasteiger partial charge in [0.05, 0.1) is 37.9 Å². The number of aromatic nitrogens is 1. The van der Waals surface area contributed by atoms with E-state index in [0.717, 1.165) is 23.5 Å². The van der Waals surface area contributed by atoms with Gasteiger partial charge in [-0.3, -0.25) is 4.79 Å². The molecule has 41 heavy (non-hydrogen) atoms. The molecule has 0 saturated carbocycles. The summed E-state index contributed by atoms with van der Waals surface area (Å²) in [6.07, 6.45) is -5.18. The number of carboxylic acid groups (broad SMARTS) is 1. The zero-order valence-electron chi connectivity index (χ0n) is 22.4. The Balaban J connectivity index is 1.60. The minimum absolute atomic E-state index is 0.0111. The van der Waals surface area contributed by atoms with Crippen LogP contribution in [0.25, 0.3) is 0 Å². The number of aliphatic carboxylic acids is 1. The molecule has 4 heterocycles. The molecule has 1 saturated heterocycles. The van der Waals surface area contributed by atoms with Crippen molar-refractivity contribution >= 4 is 40.5 Å². The van der Waals surface area contributed by atoms with E-state index >= 15 is 0 Å². The Labute approximate surface area is 237 Å². The number of hydrogen-bond acceptors (Lipinski definition) is 9. The van der Waals surface area contributed by atoms with E-state index in [-0.39, 0.29) is 34.7 Å². The number of alkyl halides is 3. The SMILES string of the molecule is COc1cccc(N2CCN(C3=Nc4c(csc4F)[C@@H](CC(=O)O)N3c3cc(C(F)(F)F)ccc3OC)C[C@H]2C)n1. The highest BCUT2D eigenvalue weighted by atomic mass is 32.1. The molecule has 2 aliphatic rings. The fraction of sp³-hybridized carbons (Fsp3) is 0.370. The molecule has 3 aromatic rings. The molecule has 218 valence electrons. The molecule has 14 heteroatoms. The molecule has 2 aliphatic heterocycles. The average molecular weight is 594 g/mol. The molecule has 1 aromatic carbocycles. The predicted octanol–water partition coefficient (Wildman–Crippen LogP) is 5.55. The van der Waals surface area contributed by atoms with Gasteiger partial charge in [0.1, 0.15) is 17.3 Å². The van der Waals surface area contributed by atoms with Gasteiger partial charge in [-0.2, -0.15) is 22.5 Å². The monoisotopic (exact) mass is 593 g/mol. The molecule has 1 N–H and O–H groups in total. The third-order valence-corrected chi connectivity index (χ3v) is 7.88. The van der Waals surface area contributed by atoms with Crippen molar-refractivity contribution in [2.45, 2.75) is 31.6 Å². The third kappa shape index (κ3) is 5.47. The molecule has 0 spiro atoms. The molecule has 2 atom stereocenters. The van der Waals surface area contributed by atoms with Crippen molar-refractivity contribution in [3.63, 3.8) is 0 Å². The smallest absolute Gasteiger partial charge is 0.416 e. The van der Waals surface area contributed by atoms with Crippen LogP contribution in [-0.4, -0.2) is 66.8 Å². The van der Waals surface area contributed by atoms with Crippen molar-refractivity contribution in [2.75, 3.05) is 43.7 Å². The summed E-state index contributed by atoms with van der Waals surface area (Å²) < 4.78 is 67.1. The highest BCUT2D eigenvalue weighted by Crippen LogP contribution is 2.47. The zero-order valence-corrected chi connectivity index (χ0v) is 23.2. The summed E-state index contributed by atoms with van der Waals surface area (Å²) in [5.41, 5.74) is -0.686. The molecular weight excluding hydrogens is 566 g/mol.